The molecule has 0 radical (unpaired) electrons. The Labute approximate surface area is 175 Å². The van der Waals surface area contributed by atoms with Crippen molar-refractivity contribution in [3.8, 4) is 0 Å². The van der Waals surface area contributed by atoms with E-state index in [-0.39, 0.29) is 29.8 Å². The van der Waals surface area contributed by atoms with Crippen molar-refractivity contribution in [2.24, 2.45) is 13.0 Å². The highest BCUT2D eigenvalue weighted by atomic mass is 32.2. The molecule has 3 rings (SSSR count). The van der Waals surface area contributed by atoms with Crippen LogP contribution >= 0.6 is 0 Å². The minimum absolute atomic E-state index is 0.0141. The summed E-state index contributed by atoms with van der Waals surface area (Å²) in [6, 6.07) is 7.87. The van der Waals surface area contributed by atoms with Gasteiger partial charge in [0.2, 0.25) is 15.9 Å². The van der Waals surface area contributed by atoms with Crippen molar-refractivity contribution in [1.29, 1.82) is 0 Å². The molecule has 0 bridgehead atoms. The average Bonchev–Trinajstić information content (AvgIpc) is 2.73. The first-order valence-electron chi connectivity index (χ1n) is 9.78. The van der Waals surface area contributed by atoms with Gasteiger partial charge in [0.15, 0.2) is 0 Å². The number of carbonyl (C=O) groups excluding carboxylic acids is 1. The number of piperidine rings is 1. The van der Waals surface area contributed by atoms with Gasteiger partial charge in [0, 0.05) is 38.9 Å². The van der Waals surface area contributed by atoms with Gasteiger partial charge in [-0.15, -0.1) is 0 Å². The molecule has 162 valence electrons. The maximum atomic E-state index is 12.7. The topological polar surface area (TPSA) is 110 Å². The lowest BCUT2D eigenvalue weighted by molar-refractivity contribution is -0.133. The Hall–Kier alpha value is -2.72. The zero-order valence-corrected chi connectivity index (χ0v) is 17.9. The lowest BCUT2D eigenvalue weighted by atomic mass is 9.98. The molecule has 1 amide bonds. The van der Waals surface area contributed by atoms with E-state index in [1.807, 2.05) is 6.92 Å². The first-order chi connectivity index (χ1) is 14.2. The van der Waals surface area contributed by atoms with Gasteiger partial charge in [-0.3, -0.25) is 18.7 Å². The number of hydrogen-bond acceptors (Lipinski definition) is 5. The van der Waals surface area contributed by atoms with Gasteiger partial charge < -0.3 is 4.90 Å². The van der Waals surface area contributed by atoms with Crippen LogP contribution in [0.3, 0.4) is 0 Å². The first-order valence-corrected chi connectivity index (χ1v) is 11.3. The number of benzene rings is 1. The number of aromatic nitrogens is 2. The first kappa shape index (κ1) is 22.0. The molecular formula is C20H26N4O5S. The quantitative estimate of drug-likeness (QED) is 0.692. The Morgan fingerprint density at radius 1 is 1.17 bits per heavy atom. The van der Waals surface area contributed by atoms with Gasteiger partial charge in [-0.25, -0.2) is 17.9 Å². The number of likely N-dealkylation sites (tertiary alicyclic amines) is 1. The molecule has 0 spiro atoms. The van der Waals surface area contributed by atoms with Gasteiger partial charge in [-0.05, 0) is 37.8 Å². The Morgan fingerprint density at radius 2 is 1.87 bits per heavy atom. The maximum absolute atomic E-state index is 12.7. The van der Waals surface area contributed by atoms with Crippen LogP contribution in [0.25, 0.3) is 0 Å². The van der Waals surface area contributed by atoms with Crippen LogP contribution in [0.2, 0.25) is 0 Å². The molecule has 0 saturated carbocycles. The van der Waals surface area contributed by atoms with Crippen molar-refractivity contribution < 1.29 is 13.2 Å². The molecule has 30 heavy (non-hydrogen) atoms. The lowest BCUT2D eigenvalue weighted by Crippen LogP contribution is -2.46. The van der Waals surface area contributed by atoms with Crippen molar-refractivity contribution in [3.63, 3.8) is 0 Å². The predicted molar refractivity (Wildman–Crippen MR) is 112 cm³/mol. The Morgan fingerprint density at radius 3 is 2.57 bits per heavy atom. The van der Waals surface area contributed by atoms with Crippen molar-refractivity contribution in [3.05, 3.63) is 62.9 Å². The molecule has 1 aromatic heterocycles. The number of aryl methyl sites for hydroxylation is 1. The molecule has 0 aliphatic carbocycles. The summed E-state index contributed by atoms with van der Waals surface area (Å²) >= 11 is 0. The smallest absolute Gasteiger partial charge is 0.331 e. The van der Waals surface area contributed by atoms with Crippen LogP contribution in [-0.2, 0) is 28.4 Å². The SMILES string of the molecule is Cc1ccc(S(=O)(=O)NCC2CCCN(C(=O)Cn3ccc(=O)n(C)c3=O)C2)cc1. The van der Waals surface area contributed by atoms with E-state index in [4.69, 9.17) is 0 Å². The summed E-state index contributed by atoms with van der Waals surface area (Å²) in [6.07, 6.45) is 2.88. The second-order valence-corrected chi connectivity index (χ2v) is 9.40. The van der Waals surface area contributed by atoms with Gasteiger partial charge >= 0.3 is 5.69 Å². The second-order valence-electron chi connectivity index (χ2n) is 7.64. The van der Waals surface area contributed by atoms with E-state index in [9.17, 15) is 22.8 Å². The standard InChI is InChI=1S/C20H26N4O5S/c1-15-5-7-17(8-6-15)30(28,29)21-12-16-4-3-10-23(13-16)19(26)14-24-11-9-18(25)22(2)20(24)27/h5-9,11,16,21H,3-4,10,12-14H2,1-2H3. The van der Waals surface area contributed by atoms with Crippen LogP contribution < -0.4 is 16.0 Å². The van der Waals surface area contributed by atoms with Crippen LogP contribution in [0.1, 0.15) is 18.4 Å². The normalized spacial score (nSPS) is 17.1. The summed E-state index contributed by atoms with van der Waals surface area (Å²) in [6.45, 7) is 2.94. The van der Waals surface area contributed by atoms with Crippen LogP contribution in [0.4, 0.5) is 0 Å². The number of sulfonamides is 1. The third-order valence-electron chi connectivity index (χ3n) is 5.33. The molecule has 1 saturated heterocycles. The highest BCUT2D eigenvalue weighted by molar-refractivity contribution is 7.89. The molecule has 1 unspecified atom stereocenters. The molecule has 2 aromatic rings. The third-order valence-corrected chi connectivity index (χ3v) is 6.77. The van der Waals surface area contributed by atoms with Gasteiger partial charge in [0.1, 0.15) is 6.54 Å². The van der Waals surface area contributed by atoms with E-state index in [0.29, 0.717) is 13.1 Å². The van der Waals surface area contributed by atoms with Gasteiger partial charge in [-0.1, -0.05) is 17.7 Å². The molecular weight excluding hydrogens is 408 g/mol. The number of rotatable bonds is 6. The number of nitrogens with one attached hydrogen (secondary N) is 1. The summed E-state index contributed by atoms with van der Waals surface area (Å²) in [5, 5.41) is 0. The van der Waals surface area contributed by atoms with Crippen molar-refractivity contribution in [1.82, 2.24) is 18.8 Å². The summed E-state index contributed by atoms with van der Waals surface area (Å²) in [7, 11) is -2.24. The zero-order valence-electron chi connectivity index (χ0n) is 17.1. The number of hydrogen-bond donors (Lipinski definition) is 1. The Kier molecular flexibility index (Phi) is 6.57. The summed E-state index contributed by atoms with van der Waals surface area (Å²) < 4.78 is 29.8. The van der Waals surface area contributed by atoms with Gasteiger partial charge in [0.25, 0.3) is 5.56 Å². The fourth-order valence-corrected chi connectivity index (χ4v) is 4.58. The number of carbonyl (C=O) groups is 1. The monoisotopic (exact) mass is 434 g/mol. The fraction of sp³-hybridized carbons (Fsp3) is 0.450. The van der Waals surface area contributed by atoms with Crippen molar-refractivity contribution >= 4 is 15.9 Å². The Balaban J connectivity index is 1.60. The number of nitrogens with zero attached hydrogens (tertiary/aromatic N) is 3. The minimum atomic E-state index is -3.61. The van der Waals surface area contributed by atoms with Crippen molar-refractivity contribution in [2.45, 2.75) is 31.2 Å². The van der Waals surface area contributed by atoms with Gasteiger partial charge in [0.05, 0.1) is 4.90 Å². The van der Waals surface area contributed by atoms with E-state index < -0.39 is 21.3 Å². The molecule has 1 aliphatic rings. The predicted octanol–water partition coefficient (Wildman–Crippen LogP) is 0.0725. The van der Waals surface area contributed by atoms with Crippen LogP contribution in [0, 0.1) is 12.8 Å². The molecule has 9 nitrogen and oxygen atoms in total. The lowest BCUT2D eigenvalue weighted by Gasteiger charge is -2.33. The van der Waals surface area contributed by atoms with Crippen LogP contribution in [-0.4, -0.2) is 48.0 Å². The molecule has 1 aliphatic heterocycles. The van der Waals surface area contributed by atoms with E-state index in [1.54, 1.807) is 29.2 Å². The highest BCUT2D eigenvalue weighted by Gasteiger charge is 2.25. The molecule has 1 aromatic carbocycles. The molecule has 2 heterocycles. The molecule has 10 heteroatoms. The van der Waals surface area contributed by atoms with Gasteiger partial charge in [-0.2, -0.15) is 0 Å². The largest absolute Gasteiger partial charge is 0.341 e. The summed E-state index contributed by atoms with van der Waals surface area (Å²) in [5.74, 6) is -0.249. The minimum Gasteiger partial charge on any atom is -0.341 e. The van der Waals surface area contributed by atoms with Crippen LogP contribution in [0.15, 0.2) is 51.0 Å². The average molecular weight is 435 g/mol. The van der Waals surface area contributed by atoms with E-state index >= 15 is 0 Å². The third kappa shape index (κ3) is 5.06. The summed E-state index contributed by atoms with van der Waals surface area (Å²) in [5.41, 5.74) is 0.00541. The van der Waals surface area contributed by atoms with E-state index in [0.717, 1.165) is 23.0 Å². The maximum Gasteiger partial charge on any atom is 0.331 e. The van der Waals surface area contributed by atoms with Crippen molar-refractivity contribution in [2.75, 3.05) is 19.6 Å². The van der Waals surface area contributed by atoms with E-state index in [1.165, 1.54) is 23.9 Å². The van der Waals surface area contributed by atoms with E-state index in [2.05, 4.69) is 4.72 Å². The number of amides is 1. The fourth-order valence-electron chi connectivity index (χ4n) is 3.47. The molecule has 1 fully saturated rings. The zero-order chi connectivity index (χ0) is 21.9. The molecule has 1 atom stereocenters. The van der Waals surface area contributed by atoms with Crippen LogP contribution in [0.5, 0.6) is 0 Å². The highest BCUT2D eigenvalue weighted by Crippen LogP contribution is 2.17. The summed E-state index contributed by atoms with van der Waals surface area (Å²) in [4.78, 5) is 38.1. The molecule has 1 N–H and O–H groups in total. The second kappa shape index (κ2) is 8.97. The Bertz CT molecular complexity index is 1140.